The molecule has 6 nitrogen and oxygen atoms in total. The molecule has 1 amide bonds. The monoisotopic (exact) mass is 308 g/mol. The van der Waals surface area contributed by atoms with Crippen LogP contribution in [0.4, 0.5) is 0 Å². The van der Waals surface area contributed by atoms with Crippen molar-refractivity contribution >= 4 is 23.2 Å². The molecule has 0 radical (unpaired) electrons. The number of hydrogen-bond donors (Lipinski definition) is 1. The Bertz CT molecular complexity index is 633. The zero-order valence-electron chi connectivity index (χ0n) is 11.8. The van der Waals surface area contributed by atoms with E-state index < -0.39 is 5.97 Å². The summed E-state index contributed by atoms with van der Waals surface area (Å²) in [5.41, 5.74) is 0.588. The molecule has 0 unspecified atom stereocenters. The molecular formula is C14H16N2O4S. The number of aliphatic carboxylic acids is 1. The normalized spacial score (nSPS) is 10.6. The second-order valence-corrected chi connectivity index (χ2v) is 5.58. The van der Waals surface area contributed by atoms with E-state index in [1.807, 2.05) is 17.5 Å². The first-order valence-electron chi connectivity index (χ1n) is 6.43. The number of nitrogens with zero attached hydrogens (tertiary/aromatic N) is 2. The van der Waals surface area contributed by atoms with Crippen molar-refractivity contribution in [1.29, 1.82) is 0 Å². The van der Waals surface area contributed by atoms with E-state index in [0.29, 0.717) is 17.3 Å². The topological polar surface area (TPSA) is 83.6 Å². The Morgan fingerprint density at radius 3 is 2.86 bits per heavy atom. The summed E-state index contributed by atoms with van der Waals surface area (Å²) in [5.74, 6) is 0.0227. The third-order valence-corrected chi connectivity index (χ3v) is 3.89. The zero-order valence-corrected chi connectivity index (χ0v) is 12.6. The minimum Gasteiger partial charge on any atom is -0.481 e. The van der Waals surface area contributed by atoms with E-state index in [1.54, 1.807) is 14.0 Å². The molecule has 0 saturated heterocycles. The summed E-state index contributed by atoms with van der Waals surface area (Å²) in [6.45, 7) is 1.95. The van der Waals surface area contributed by atoms with Crippen molar-refractivity contribution in [3.05, 3.63) is 29.0 Å². The van der Waals surface area contributed by atoms with E-state index in [2.05, 4.69) is 4.98 Å². The summed E-state index contributed by atoms with van der Waals surface area (Å²) in [6, 6.07) is 3.81. The Hall–Kier alpha value is -2.15. The van der Waals surface area contributed by atoms with E-state index in [-0.39, 0.29) is 25.3 Å². The number of rotatable bonds is 6. The number of carbonyl (C=O) groups excluding carboxylic acids is 1. The standard InChI is InChI=1S/C14H16N2O4S/c1-9-10(8-12(17)16(2)6-5-13(18)19)15-14(20-9)11-4-3-7-21-11/h3-4,7H,5-6,8H2,1-2H3,(H,18,19). The largest absolute Gasteiger partial charge is 0.481 e. The number of aryl methyl sites for hydroxylation is 1. The van der Waals surface area contributed by atoms with Gasteiger partial charge in [-0.25, -0.2) is 4.98 Å². The summed E-state index contributed by atoms with van der Waals surface area (Å²) in [4.78, 5) is 29.2. The first kappa shape index (κ1) is 15.2. The van der Waals surface area contributed by atoms with Crippen LogP contribution in [-0.4, -0.2) is 40.5 Å². The van der Waals surface area contributed by atoms with Gasteiger partial charge in [0.25, 0.3) is 0 Å². The molecule has 21 heavy (non-hydrogen) atoms. The Balaban J connectivity index is 2.02. The molecule has 0 aromatic carbocycles. The Morgan fingerprint density at radius 2 is 2.24 bits per heavy atom. The number of carbonyl (C=O) groups is 2. The number of oxazole rings is 1. The molecule has 0 aliphatic heterocycles. The first-order chi connectivity index (χ1) is 9.97. The average molecular weight is 308 g/mol. The van der Waals surface area contributed by atoms with Crippen molar-refractivity contribution in [1.82, 2.24) is 9.88 Å². The number of amides is 1. The van der Waals surface area contributed by atoms with Gasteiger partial charge in [-0.2, -0.15) is 0 Å². The Morgan fingerprint density at radius 1 is 1.48 bits per heavy atom. The minimum absolute atomic E-state index is 0.0690. The first-order valence-corrected chi connectivity index (χ1v) is 7.31. The van der Waals surface area contributed by atoms with Crippen LogP contribution in [-0.2, 0) is 16.0 Å². The Labute approximate surface area is 126 Å². The molecule has 2 heterocycles. The molecule has 0 spiro atoms. The van der Waals surface area contributed by atoms with Crippen molar-refractivity contribution in [3.8, 4) is 10.8 Å². The quantitative estimate of drug-likeness (QED) is 0.884. The number of carboxylic acids is 1. The highest BCUT2D eigenvalue weighted by Crippen LogP contribution is 2.26. The van der Waals surface area contributed by atoms with Gasteiger partial charge in [0.05, 0.1) is 23.4 Å². The van der Waals surface area contributed by atoms with Crippen molar-refractivity contribution in [2.45, 2.75) is 19.8 Å². The molecule has 0 saturated carbocycles. The average Bonchev–Trinajstić information content (AvgIpc) is 3.06. The van der Waals surface area contributed by atoms with Crippen LogP contribution in [0, 0.1) is 6.92 Å². The molecular weight excluding hydrogens is 292 g/mol. The smallest absolute Gasteiger partial charge is 0.305 e. The lowest BCUT2D eigenvalue weighted by molar-refractivity contribution is -0.138. The van der Waals surface area contributed by atoms with E-state index in [9.17, 15) is 9.59 Å². The van der Waals surface area contributed by atoms with Crippen molar-refractivity contribution < 1.29 is 19.1 Å². The van der Waals surface area contributed by atoms with Gasteiger partial charge in [-0.05, 0) is 18.4 Å². The van der Waals surface area contributed by atoms with Crippen molar-refractivity contribution in [3.63, 3.8) is 0 Å². The summed E-state index contributed by atoms with van der Waals surface area (Å²) < 4.78 is 5.57. The van der Waals surface area contributed by atoms with Gasteiger partial charge in [-0.15, -0.1) is 11.3 Å². The fraction of sp³-hybridized carbons (Fsp3) is 0.357. The lowest BCUT2D eigenvalue weighted by Crippen LogP contribution is -2.30. The van der Waals surface area contributed by atoms with E-state index in [4.69, 9.17) is 9.52 Å². The van der Waals surface area contributed by atoms with Crippen LogP contribution in [0.2, 0.25) is 0 Å². The van der Waals surface area contributed by atoms with Gasteiger partial charge < -0.3 is 14.4 Å². The lowest BCUT2D eigenvalue weighted by atomic mass is 10.2. The number of carboxylic acid groups (broad SMARTS) is 1. The second-order valence-electron chi connectivity index (χ2n) is 4.64. The maximum absolute atomic E-state index is 12.0. The highest BCUT2D eigenvalue weighted by Gasteiger charge is 2.17. The van der Waals surface area contributed by atoms with Crippen LogP contribution in [0.5, 0.6) is 0 Å². The number of hydrogen-bond acceptors (Lipinski definition) is 5. The van der Waals surface area contributed by atoms with E-state index in [1.165, 1.54) is 16.2 Å². The fourth-order valence-electron chi connectivity index (χ4n) is 1.76. The molecule has 0 atom stereocenters. The van der Waals surface area contributed by atoms with Crippen LogP contribution >= 0.6 is 11.3 Å². The molecule has 1 N–H and O–H groups in total. The number of likely N-dealkylation sites (N-methyl/N-ethyl adjacent to an activating group) is 1. The lowest BCUT2D eigenvalue weighted by Gasteiger charge is -2.15. The molecule has 0 bridgehead atoms. The minimum atomic E-state index is -0.924. The molecule has 112 valence electrons. The van der Waals surface area contributed by atoms with Gasteiger partial charge >= 0.3 is 5.97 Å². The summed E-state index contributed by atoms with van der Waals surface area (Å²) in [6.07, 6.45) is 0.0390. The third-order valence-electron chi connectivity index (χ3n) is 3.03. The molecule has 2 aromatic heterocycles. The van der Waals surface area contributed by atoms with Gasteiger partial charge in [0.15, 0.2) is 0 Å². The SMILES string of the molecule is Cc1oc(-c2cccs2)nc1CC(=O)N(C)CCC(=O)O. The van der Waals surface area contributed by atoms with Crippen molar-refractivity contribution in [2.24, 2.45) is 0 Å². The van der Waals surface area contributed by atoms with Crippen LogP contribution in [0.15, 0.2) is 21.9 Å². The molecule has 7 heteroatoms. The van der Waals surface area contributed by atoms with Gasteiger partial charge in [0.1, 0.15) is 5.76 Å². The summed E-state index contributed by atoms with van der Waals surface area (Å²) in [5, 5.41) is 10.6. The summed E-state index contributed by atoms with van der Waals surface area (Å²) in [7, 11) is 1.58. The zero-order chi connectivity index (χ0) is 15.4. The third kappa shape index (κ3) is 3.91. The van der Waals surface area contributed by atoms with Gasteiger partial charge in [0.2, 0.25) is 11.8 Å². The van der Waals surface area contributed by atoms with E-state index >= 15 is 0 Å². The molecule has 2 rings (SSSR count). The predicted molar refractivity (Wildman–Crippen MR) is 78.1 cm³/mol. The van der Waals surface area contributed by atoms with Crippen LogP contribution < -0.4 is 0 Å². The van der Waals surface area contributed by atoms with Crippen molar-refractivity contribution in [2.75, 3.05) is 13.6 Å². The highest BCUT2D eigenvalue weighted by atomic mass is 32.1. The molecule has 0 fully saturated rings. The van der Waals surface area contributed by atoms with E-state index in [0.717, 1.165) is 4.88 Å². The van der Waals surface area contributed by atoms with Gasteiger partial charge in [0, 0.05) is 13.6 Å². The Kier molecular flexibility index (Phi) is 4.74. The number of thiophene rings is 1. The summed E-state index contributed by atoms with van der Waals surface area (Å²) >= 11 is 1.52. The maximum Gasteiger partial charge on any atom is 0.305 e. The van der Waals surface area contributed by atoms with Gasteiger partial charge in [-0.1, -0.05) is 6.07 Å². The second kappa shape index (κ2) is 6.53. The molecule has 0 aliphatic rings. The van der Waals surface area contributed by atoms with Crippen LogP contribution in [0.25, 0.3) is 10.8 Å². The highest BCUT2D eigenvalue weighted by molar-refractivity contribution is 7.13. The predicted octanol–water partition coefficient (Wildman–Crippen LogP) is 2.19. The fourth-order valence-corrected chi connectivity index (χ4v) is 2.41. The maximum atomic E-state index is 12.0. The molecule has 0 aliphatic carbocycles. The van der Waals surface area contributed by atoms with Gasteiger partial charge in [-0.3, -0.25) is 9.59 Å². The molecule has 2 aromatic rings. The van der Waals surface area contributed by atoms with Crippen LogP contribution in [0.3, 0.4) is 0 Å². The number of aromatic nitrogens is 1. The van der Waals surface area contributed by atoms with Crippen LogP contribution in [0.1, 0.15) is 17.9 Å².